The first-order valence-electron chi connectivity index (χ1n) is 7.11. The Hall–Kier alpha value is -2.75. The summed E-state index contributed by atoms with van der Waals surface area (Å²) in [4.78, 5) is 0. The van der Waals surface area contributed by atoms with E-state index in [4.69, 9.17) is 9.47 Å². The monoisotopic (exact) mass is 294 g/mol. The zero-order chi connectivity index (χ0) is 15.4. The predicted molar refractivity (Wildman–Crippen MR) is 86.0 cm³/mol. The van der Waals surface area contributed by atoms with E-state index in [0.717, 1.165) is 28.3 Å². The van der Waals surface area contributed by atoms with Gasteiger partial charge in [-0.25, -0.2) is 0 Å². The summed E-state index contributed by atoms with van der Waals surface area (Å²) in [5.74, 6) is 1.61. The van der Waals surface area contributed by atoms with E-state index in [-0.39, 0.29) is 0 Å². The van der Waals surface area contributed by atoms with Gasteiger partial charge in [0.2, 0.25) is 0 Å². The van der Waals surface area contributed by atoms with E-state index >= 15 is 0 Å². The Morgan fingerprint density at radius 3 is 2.41 bits per heavy atom. The van der Waals surface area contributed by atoms with Gasteiger partial charge in [-0.3, -0.25) is 4.68 Å². The van der Waals surface area contributed by atoms with Crippen molar-refractivity contribution in [3.8, 4) is 22.8 Å². The molecule has 22 heavy (non-hydrogen) atoms. The molecule has 3 aromatic rings. The number of ether oxygens (including phenoxy) is 2. The molecule has 0 unspecified atom stereocenters. The lowest BCUT2D eigenvalue weighted by Crippen LogP contribution is -1.96. The molecule has 0 aliphatic carbocycles. The molecule has 2 aromatic carbocycles. The molecule has 1 heterocycles. The summed E-state index contributed by atoms with van der Waals surface area (Å²) in [5, 5.41) is 4.22. The minimum atomic E-state index is 0.565. The molecule has 0 radical (unpaired) electrons. The highest BCUT2D eigenvalue weighted by Gasteiger charge is 2.11. The van der Waals surface area contributed by atoms with E-state index in [1.165, 1.54) is 0 Å². The number of nitrogens with zero attached hydrogens (tertiary/aromatic N) is 2. The van der Waals surface area contributed by atoms with Gasteiger partial charge in [-0.1, -0.05) is 30.3 Å². The quantitative estimate of drug-likeness (QED) is 0.720. The number of hydrogen-bond acceptors (Lipinski definition) is 3. The Balaban J connectivity index is 1.74. The van der Waals surface area contributed by atoms with Gasteiger partial charge < -0.3 is 9.47 Å². The molecular formula is C18H18N2O2. The van der Waals surface area contributed by atoms with Crippen LogP contribution in [0.25, 0.3) is 11.3 Å². The van der Waals surface area contributed by atoms with Gasteiger partial charge in [-0.2, -0.15) is 5.10 Å². The van der Waals surface area contributed by atoms with Crippen LogP contribution in [-0.2, 0) is 13.7 Å². The fourth-order valence-electron chi connectivity index (χ4n) is 2.35. The van der Waals surface area contributed by atoms with Crippen LogP contribution in [-0.4, -0.2) is 16.9 Å². The van der Waals surface area contributed by atoms with Gasteiger partial charge in [-0.05, 0) is 29.8 Å². The van der Waals surface area contributed by atoms with Crippen LogP contribution in [0.1, 0.15) is 5.56 Å². The topological polar surface area (TPSA) is 36.3 Å². The molecule has 0 saturated carbocycles. The number of methoxy groups -OCH3 is 1. The van der Waals surface area contributed by atoms with E-state index in [1.54, 1.807) is 18.0 Å². The van der Waals surface area contributed by atoms with Gasteiger partial charge in [0.05, 0.1) is 13.3 Å². The lowest BCUT2D eigenvalue weighted by molar-refractivity contribution is 0.306. The SMILES string of the molecule is COc1cnn(C)c1-c1ccc(OCc2ccccc2)cc1. The Morgan fingerprint density at radius 2 is 1.73 bits per heavy atom. The molecule has 0 aliphatic heterocycles. The van der Waals surface area contributed by atoms with Crippen molar-refractivity contribution in [3.05, 3.63) is 66.4 Å². The second kappa shape index (κ2) is 6.35. The molecular weight excluding hydrogens is 276 g/mol. The van der Waals surface area contributed by atoms with Crippen molar-refractivity contribution in [2.75, 3.05) is 7.11 Å². The van der Waals surface area contributed by atoms with Crippen LogP contribution in [0.5, 0.6) is 11.5 Å². The number of hydrogen-bond donors (Lipinski definition) is 0. The molecule has 4 heteroatoms. The van der Waals surface area contributed by atoms with Crippen molar-refractivity contribution in [2.24, 2.45) is 7.05 Å². The van der Waals surface area contributed by atoms with Crippen molar-refractivity contribution in [1.29, 1.82) is 0 Å². The third-order valence-electron chi connectivity index (χ3n) is 3.50. The van der Waals surface area contributed by atoms with Gasteiger partial charge in [0, 0.05) is 12.6 Å². The van der Waals surface area contributed by atoms with E-state index in [1.807, 2.05) is 49.5 Å². The Kier molecular flexibility index (Phi) is 4.10. The molecule has 0 amide bonds. The third-order valence-corrected chi connectivity index (χ3v) is 3.50. The van der Waals surface area contributed by atoms with Crippen molar-refractivity contribution >= 4 is 0 Å². The van der Waals surface area contributed by atoms with Gasteiger partial charge >= 0.3 is 0 Å². The second-order valence-electron chi connectivity index (χ2n) is 4.98. The number of aryl methyl sites for hydroxylation is 1. The molecule has 0 aliphatic rings. The lowest BCUT2D eigenvalue weighted by atomic mass is 10.1. The van der Waals surface area contributed by atoms with Crippen molar-refractivity contribution in [3.63, 3.8) is 0 Å². The maximum absolute atomic E-state index is 5.80. The molecule has 0 atom stereocenters. The molecule has 1 aromatic heterocycles. The molecule has 112 valence electrons. The van der Waals surface area contributed by atoms with Crippen LogP contribution in [0.3, 0.4) is 0 Å². The first kappa shape index (κ1) is 14.2. The molecule has 4 nitrogen and oxygen atoms in total. The van der Waals surface area contributed by atoms with Crippen LogP contribution >= 0.6 is 0 Å². The summed E-state index contributed by atoms with van der Waals surface area (Å²) in [6, 6.07) is 18.1. The van der Waals surface area contributed by atoms with Crippen LogP contribution in [0.2, 0.25) is 0 Å². The normalized spacial score (nSPS) is 10.5. The summed E-state index contributed by atoms with van der Waals surface area (Å²) in [6.45, 7) is 0.565. The Morgan fingerprint density at radius 1 is 1.00 bits per heavy atom. The summed E-state index contributed by atoms with van der Waals surface area (Å²) >= 11 is 0. The minimum absolute atomic E-state index is 0.565. The molecule has 0 bridgehead atoms. The highest BCUT2D eigenvalue weighted by molar-refractivity contribution is 5.67. The van der Waals surface area contributed by atoms with E-state index in [0.29, 0.717) is 6.61 Å². The summed E-state index contributed by atoms with van der Waals surface area (Å²) in [7, 11) is 3.55. The van der Waals surface area contributed by atoms with Gasteiger partial charge in [0.25, 0.3) is 0 Å². The molecule has 3 rings (SSSR count). The Labute approximate surface area is 129 Å². The van der Waals surface area contributed by atoms with Crippen molar-refractivity contribution in [2.45, 2.75) is 6.61 Å². The van der Waals surface area contributed by atoms with Gasteiger partial charge in [-0.15, -0.1) is 0 Å². The average molecular weight is 294 g/mol. The number of benzene rings is 2. The van der Waals surface area contributed by atoms with Crippen LogP contribution in [0.15, 0.2) is 60.8 Å². The fraction of sp³-hybridized carbons (Fsp3) is 0.167. The lowest BCUT2D eigenvalue weighted by Gasteiger charge is -2.09. The molecule has 0 N–H and O–H groups in total. The second-order valence-corrected chi connectivity index (χ2v) is 4.98. The highest BCUT2D eigenvalue weighted by Crippen LogP contribution is 2.30. The van der Waals surface area contributed by atoms with Crippen LogP contribution < -0.4 is 9.47 Å². The average Bonchev–Trinajstić information content (AvgIpc) is 2.95. The van der Waals surface area contributed by atoms with Gasteiger partial charge in [0.1, 0.15) is 18.1 Å². The van der Waals surface area contributed by atoms with Crippen LogP contribution in [0, 0.1) is 0 Å². The number of rotatable bonds is 5. The molecule has 0 spiro atoms. The first-order valence-corrected chi connectivity index (χ1v) is 7.11. The molecule has 0 fully saturated rings. The zero-order valence-corrected chi connectivity index (χ0v) is 12.7. The van der Waals surface area contributed by atoms with E-state index in [9.17, 15) is 0 Å². The summed E-state index contributed by atoms with van der Waals surface area (Å²) in [5.41, 5.74) is 3.15. The fourth-order valence-corrected chi connectivity index (χ4v) is 2.35. The maximum atomic E-state index is 5.80. The zero-order valence-electron chi connectivity index (χ0n) is 12.7. The van der Waals surface area contributed by atoms with Crippen molar-refractivity contribution < 1.29 is 9.47 Å². The first-order chi connectivity index (χ1) is 10.8. The Bertz CT molecular complexity index is 734. The van der Waals surface area contributed by atoms with Gasteiger partial charge in [0.15, 0.2) is 5.75 Å². The largest absolute Gasteiger partial charge is 0.493 e. The third kappa shape index (κ3) is 2.96. The number of aromatic nitrogens is 2. The summed E-state index contributed by atoms with van der Waals surface area (Å²) in [6.07, 6.45) is 1.72. The molecule has 0 saturated heterocycles. The predicted octanol–water partition coefficient (Wildman–Crippen LogP) is 3.67. The summed E-state index contributed by atoms with van der Waals surface area (Å²) < 4.78 is 12.9. The van der Waals surface area contributed by atoms with E-state index in [2.05, 4.69) is 17.2 Å². The maximum Gasteiger partial charge on any atom is 0.164 e. The van der Waals surface area contributed by atoms with E-state index < -0.39 is 0 Å². The van der Waals surface area contributed by atoms with Crippen molar-refractivity contribution in [1.82, 2.24) is 9.78 Å². The smallest absolute Gasteiger partial charge is 0.164 e. The highest BCUT2D eigenvalue weighted by atomic mass is 16.5. The minimum Gasteiger partial charge on any atom is -0.493 e. The van der Waals surface area contributed by atoms with Crippen LogP contribution in [0.4, 0.5) is 0 Å². The standard InChI is InChI=1S/C18H18N2O2/c1-20-18(17(21-2)12-19-20)15-8-10-16(11-9-15)22-13-14-6-4-3-5-7-14/h3-12H,13H2,1-2H3.